The lowest BCUT2D eigenvalue weighted by molar-refractivity contribution is 0.0988. The van der Waals surface area contributed by atoms with Crippen LogP contribution in [0.2, 0.25) is 0 Å². The summed E-state index contributed by atoms with van der Waals surface area (Å²) in [6.45, 7) is 1.81. The number of carbonyl (C=O) groups excluding carboxylic acids is 1. The van der Waals surface area contributed by atoms with Crippen molar-refractivity contribution in [2.24, 2.45) is 0 Å². The largest absolute Gasteiger partial charge is 0.438 e. The van der Waals surface area contributed by atoms with Gasteiger partial charge >= 0.3 is 0 Å². The molecule has 0 atom stereocenters. The Hall–Kier alpha value is -2.82. The van der Waals surface area contributed by atoms with Crippen LogP contribution in [-0.4, -0.2) is 15.8 Å². The molecule has 4 nitrogen and oxygen atoms in total. The zero-order chi connectivity index (χ0) is 15.5. The van der Waals surface area contributed by atoms with E-state index in [2.05, 4.69) is 9.97 Å². The Morgan fingerprint density at radius 3 is 2.64 bits per heavy atom. The van der Waals surface area contributed by atoms with Gasteiger partial charge in [0, 0.05) is 12.0 Å². The molecule has 110 valence electrons. The SMILES string of the molecule is CCC(=O)c1ccc(Oc2ncnc3c(F)cccc23)cc1. The van der Waals surface area contributed by atoms with E-state index in [1.54, 1.807) is 36.4 Å². The Bertz CT molecular complexity index is 832. The Labute approximate surface area is 126 Å². The van der Waals surface area contributed by atoms with E-state index in [0.29, 0.717) is 23.1 Å². The zero-order valence-corrected chi connectivity index (χ0v) is 11.9. The minimum atomic E-state index is -0.423. The lowest BCUT2D eigenvalue weighted by atomic mass is 10.1. The molecule has 3 aromatic rings. The highest BCUT2D eigenvalue weighted by atomic mass is 19.1. The molecule has 0 bridgehead atoms. The van der Waals surface area contributed by atoms with Crippen molar-refractivity contribution in [3.8, 4) is 11.6 Å². The van der Waals surface area contributed by atoms with Crippen molar-refractivity contribution < 1.29 is 13.9 Å². The number of benzene rings is 2. The van der Waals surface area contributed by atoms with Gasteiger partial charge in [-0.25, -0.2) is 14.4 Å². The molecule has 0 saturated heterocycles. The molecule has 0 aliphatic rings. The first-order valence-electron chi connectivity index (χ1n) is 6.89. The van der Waals surface area contributed by atoms with Gasteiger partial charge in [-0.1, -0.05) is 13.0 Å². The second-order valence-electron chi connectivity index (χ2n) is 4.72. The predicted molar refractivity (Wildman–Crippen MR) is 80.6 cm³/mol. The number of Topliss-reactive ketones (excluding diaryl/α,β-unsaturated/α-hetero) is 1. The second kappa shape index (κ2) is 5.89. The Morgan fingerprint density at radius 1 is 1.14 bits per heavy atom. The number of nitrogens with zero attached hydrogens (tertiary/aromatic N) is 2. The highest BCUT2D eigenvalue weighted by Crippen LogP contribution is 2.27. The van der Waals surface area contributed by atoms with Crippen molar-refractivity contribution in [1.82, 2.24) is 9.97 Å². The van der Waals surface area contributed by atoms with Crippen LogP contribution in [0, 0.1) is 5.82 Å². The van der Waals surface area contributed by atoms with Crippen LogP contribution < -0.4 is 4.74 Å². The van der Waals surface area contributed by atoms with Gasteiger partial charge in [0.15, 0.2) is 5.78 Å². The standard InChI is InChI=1S/C17H13FN2O2/c1-2-15(21)11-6-8-12(9-7-11)22-17-13-4-3-5-14(18)16(13)19-10-20-17/h3-10H,2H2,1H3. The Morgan fingerprint density at radius 2 is 1.91 bits per heavy atom. The summed E-state index contributed by atoms with van der Waals surface area (Å²) >= 11 is 0. The molecule has 0 spiro atoms. The van der Waals surface area contributed by atoms with Gasteiger partial charge in [-0.05, 0) is 36.4 Å². The minimum Gasteiger partial charge on any atom is -0.438 e. The first-order valence-corrected chi connectivity index (χ1v) is 6.89. The fraction of sp³-hybridized carbons (Fsp3) is 0.118. The van der Waals surface area contributed by atoms with Crippen molar-refractivity contribution in [3.63, 3.8) is 0 Å². The third-order valence-corrected chi connectivity index (χ3v) is 3.29. The highest BCUT2D eigenvalue weighted by Gasteiger charge is 2.10. The van der Waals surface area contributed by atoms with Gasteiger partial charge in [0.25, 0.3) is 0 Å². The third-order valence-electron chi connectivity index (χ3n) is 3.29. The van der Waals surface area contributed by atoms with E-state index in [9.17, 15) is 9.18 Å². The number of halogens is 1. The van der Waals surface area contributed by atoms with Gasteiger partial charge in [-0.2, -0.15) is 0 Å². The smallest absolute Gasteiger partial charge is 0.230 e. The second-order valence-corrected chi connectivity index (χ2v) is 4.72. The molecule has 0 radical (unpaired) electrons. The first-order chi connectivity index (χ1) is 10.7. The lowest BCUT2D eigenvalue weighted by Crippen LogP contribution is -1.96. The van der Waals surface area contributed by atoms with Crippen LogP contribution in [0.1, 0.15) is 23.7 Å². The van der Waals surface area contributed by atoms with E-state index in [1.165, 1.54) is 12.4 Å². The number of aromatic nitrogens is 2. The molecule has 5 heteroatoms. The summed E-state index contributed by atoms with van der Waals surface area (Å²) in [6, 6.07) is 11.4. The Kier molecular flexibility index (Phi) is 3.78. The van der Waals surface area contributed by atoms with E-state index < -0.39 is 5.82 Å². The van der Waals surface area contributed by atoms with E-state index in [4.69, 9.17) is 4.74 Å². The fourth-order valence-electron chi connectivity index (χ4n) is 2.13. The maximum Gasteiger partial charge on any atom is 0.230 e. The van der Waals surface area contributed by atoms with Gasteiger partial charge < -0.3 is 4.74 Å². The van der Waals surface area contributed by atoms with Gasteiger partial charge in [-0.15, -0.1) is 0 Å². The van der Waals surface area contributed by atoms with Crippen LogP contribution in [0.5, 0.6) is 11.6 Å². The van der Waals surface area contributed by atoms with E-state index >= 15 is 0 Å². The van der Waals surface area contributed by atoms with E-state index in [-0.39, 0.29) is 17.2 Å². The van der Waals surface area contributed by atoms with Crippen LogP contribution in [0.15, 0.2) is 48.8 Å². The Balaban J connectivity index is 1.93. The average molecular weight is 296 g/mol. The number of ketones is 1. The average Bonchev–Trinajstić information content (AvgIpc) is 2.56. The molecular weight excluding hydrogens is 283 g/mol. The normalized spacial score (nSPS) is 10.6. The predicted octanol–water partition coefficient (Wildman–Crippen LogP) is 4.15. The molecule has 1 aromatic heterocycles. The molecule has 2 aromatic carbocycles. The third kappa shape index (κ3) is 2.65. The number of ether oxygens (including phenoxy) is 1. The van der Waals surface area contributed by atoms with Crippen molar-refractivity contribution in [3.05, 3.63) is 60.2 Å². The number of carbonyl (C=O) groups is 1. The molecule has 0 amide bonds. The summed E-state index contributed by atoms with van der Waals surface area (Å²) in [5.41, 5.74) is 0.846. The topological polar surface area (TPSA) is 52.1 Å². The van der Waals surface area contributed by atoms with Crippen LogP contribution in [0.3, 0.4) is 0 Å². The number of rotatable bonds is 4. The quantitative estimate of drug-likeness (QED) is 0.678. The monoisotopic (exact) mass is 296 g/mol. The summed E-state index contributed by atoms with van der Waals surface area (Å²) in [5, 5.41) is 0.496. The van der Waals surface area contributed by atoms with Crippen molar-refractivity contribution in [2.45, 2.75) is 13.3 Å². The van der Waals surface area contributed by atoms with Crippen molar-refractivity contribution >= 4 is 16.7 Å². The summed E-state index contributed by atoms with van der Waals surface area (Å²) in [5.74, 6) is 0.450. The molecule has 3 rings (SSSR count). The van der Waals surface area contributed by atoms with Gasteiger partial charge in [-0.3, -0.25) is 4.79 Å². The van der Waals surface area contributed by atoms with Crippen LogP contribution in [-0.2, 0) is 0 Å². The number of para-hydroxylation sites is 1. The van der Waals surface area contributed by atoms with Crippen molar-refractivity contribution in [1.29, 1.82) is 0 Å². The van der Waals surface area contributed by atoms with Gasteiger partial charge in [0.1, 0.15) is 23.4 Å². The molecule has 0 unspecified atom stereocenters. The zero-order valence-electron chi connectivity index (χ0n) is 11.9. The maximum absolute atomic E-state index is 13.7. The number of fused-ring (bicyclic) bond motifs is 1. The van der Waals surface area contributed by atoms with Gasteiger partial charge in [0.2, 0.25) is 5.88 Å². The lowest BCUT2D eigenvalue weighted by Gasteiger charge is -2.08. The molecule has 0 N–H and O–H groups in total. The van der Waals surface area contributed by atoms with Crippen molar-refractivity contribution in [2.75, 3.05) is 0 Å². The van der Waals surface area contributed by atoms with Crippen LogP contribution in [0.4, 0.5) is 4.39 Å². The first kappa shape index (κ1) is 14.1. The maximum atomic E-state index is 13.7. The highest BCUT2D eigenvalue weighted by molar-refractivity contribution is 5.95. The number of hydrogen-bond donors (Lipinski definition) is 0. The molecule has 0 aliphatic heterocycles. The minimum absolute atomic E-state index is 0.0705. The molecule has 1 heterocycles. The molecule has 0 fully saturated rings. The fourth-order valence-corrected chi connectivity index (χ4v) is 2.13. The summed E-state index contributed by atoms with van der Waals surface area (Å²) in [7, 11) is 0. The van der Waals surface area contributed by atoms with Gasteiger partial charge in [0.05, 0.1) is 5.39 Å². The number of hydrogen-bond acceptors (Lipinski definition) is 4. The summed E-state index contributed by atoms with van der Waals surface area (Å²) in [6.07, 6.45) is 1.71. The van der Waals surface area contributed by atoms with Crippen LogP contribution >= 0.6 is 0 Å². The molecule has 0 saturated carbocycles. The molecule has 0 aliphatic carbocycles. The molecular formula is C17H13FN2O2. The van der Waals surface area contributed by atoms with Crippen LogP contribution in [0.25, 0.3) is 10.9 Å². The van der Waals surface area contributed by atoms with E-state index in [1.807, 2.05) is 6.92 Å². The molecule has 22 heavy (non-hydrogen) atoms. The van der Waals surface area contributed by atoms with E-state index in [0.717, 1.165) is 0 Å². The summed E-state index contributed by atoms with van der Waals surface area (Å²) in [4.78, 5) is 19.6. The summed E-state index contributed by atoms with van der Waals surface area (Å²) < 4.78 is 19.4.